The maximum Gasteiger partial charge on any atom is 0.283 e. The van der Waals surface area contributed by atoms with E-state index in [-0.39, 0.29) is 15.5 Å². The van der Waals surface area contributed by atoms with Crippen LogP contribution in [0.5, 0.6) is 0 Å². The number of nitro groups is 1. The maximum atomic E-state index is 10.8. The molecule has 0 amide bonds. The van der Waals surface area contributed by atoms with Gasteiger partial charge in [-0.2, -0.15) is 0 Å². The first-order valence-corrected chi connectivity index (χ1v) is 5.32. The lowest BCUT2D eigenvalue weighted by Crippen LogP contribution is -2.12. The Hall–Kier alpha value is -1.12. The van der Waals surface area contributed by atoms with Crippen LogP contribution >= 0.6 is 12.6 Å². The lowest BCUT2D eigenvalue weighted by molar-refractivity contribution is -0.387. The first kappa shape index (κ1) is 11.0. The third-order valence-corrected chi connectivity index (χ3v) is 2.76. The predicted molar refractivity (Wildman–Crippen MR) is 51.7 cm³/mol. The van der Waals surface area contributed by atoms with Gasteiger partial charge in [0.25, 0.3) is 5.69 Å². The highest BCUT2D eigenvalue weighted by atomic mass is 32.2. The van der Waals surface area contributed by atoms with Gasteiger partial charge in [-0.3, -0.25) is 10.1 Å². The van der Waals surface area contributed by atoms with Gasteiger partial charge in [-0.15, -0.1) is 12.6 Å². The minimum atomic E-state index is -3.91. The molecule has 0 heterocycles. The van der Waals surface area contributed by atoms with Crippen LogP contribution in [0.1, 0.15) is 0 Å². The SMILES string of the molecule is NS(=O)(=O)c1ccc(S)c([N+](=O)[O-])c1. The van der Waals surface area contributed by atoms with Crippen LogP contribution in [0.3, 0.4) is 0 Å². The number of rotatable bonds is 2. The highest BCUT2D eigenvalue weighted by Gasteiger charge is 2.16. The van der Waals surface area contributed by atoms with Crippen LogP contribution in [0.2, 0.25) is 0 Å². The Bertz CT molecular complexity index is 483. The van der Waals surface area contributed by atoms with Gasteiger partial charge in [0.05, 0.1) is 14.7 Å². The van der Waals surface area contributed by atoms with Crippen molar-refractivity contribution in [2.45, 2.75) is 9.79 Å². The fourth-order valence-electron chi connectivity index (χ4n) is 0.826. The molecular formula is C6H6N2O4S2. The van der Waals surface area contributed by atoms with E-state index >= 15 is 0 Å². The van der Waals surface area contributed by atoms with Gasteiger partial charge in [-0.05, 0) is 12.1 Å². The van der Waals surface area contributed by atoms with Gasteiger partial charge >= 0.3 is 0 Å². The van der Waals surface area contributed by atoms with Crippen LogP contribution in [0.15, 0.2) is 28.0 Å². The lowest BCUT2D eigenvalue weighted by Gasteiger charge is -1.99. The number of nitrogens with zero attached hydrogens (tertiary/aromatic N) is 1. The standard InChI is InChI=1S/C6H6N2O4S2/c7-14(11,12)4-1-2-6(13)5(3-4)8(9)10/h1-3,13H,(H2,7,11,12). The maximum absolute atomic E-state index is 10.8. The van der Waals surface area contributed by atoms with Gasteiger partial charge < -0.3 is 0 Å². The molecule has 0 spiro atoms. The van der Waals surface area contributed by atoms with Crippen molar-refractivity contribution < 1.29 is 13.3 Å². The number of nitro benzene ring substituents is 1. The van der Waals surface area contributed by atoms with E-state index < -0.39 is 14.9 Å². The number of benzene rings is 1. The summed E-state index contributed by atoms with van der Waals surface area (Å²) in [5.74, 6) is 0. The molecule has 0 aliphatic heterocycles. The van der Waals surface area contributed by atoms with Crippen molar-refractivity contribution in [2.75, 3.05) is 0 Å². The average molecular weight is 234 g/mol. The number of primary sulfonamides is 1. The van der Waals surface area contributed by atoms with Gasteiger partial charge in [-0.1, -0.05) is 0 Å². The van der Waals surface area contributed by atoms with E-state index in [1.165, 1.54) is 6.07 Å². The third kappa shape index (κ3) is 2.22. The zero-order chi connectivity index (χ0) is 10.9. The quantitative estimate of drug-likeness (QED) is 0.442. The molecule has 6 nitrogen and oxygen atoms in total. The molecule has 1 aromatic carbocycles. The highest BCUT2D eigenvalue weighted by Crippen LogP contribution is 2.24. The molecule has 0 aromatic heterocycles. The van der Waals surface area contributed by atoms with E-state index in [2.05, 4.69) is 12.6 Å². The monoisotopic (exact) mass is 234 g/mol. The van der Waals surface area contributed by atoms with E-state index in [4.69, 9.17) is 5.14 Å². The largest absolute Gasteiger partial charge is 0.283 e. The molecule has 0 saturated carbocycles. The molecule has 76 valence electrons. The topological polar surface area (TPSA) is 103 Å². The Labute approximate surface area is 85.3 Å². The molecule has 0 bridgehead atoms. The fraction of sp³-hybridized carbons (Fsp3) is 0. The summed E-state index contributed by atoms with van der Waals surface area (Å²) in [4.78, 5) is 9.48. The lowest BCUT2D eigenvalue weighted by atomic mass is 10.3. The van der Waals surface area contributed by atoms with Gasteiger partial charge in [0.2, 0.25) is 10.0 Å². The van der Waals surface area contributed by atoms with Gasteiger partial charge in [0, 0.05) is 6.07 Å². The summed E-state index contributed by atoms with van der Waals surface area (Å²) < 4.78 is 21.7. The van der Waals surface area contributed by atoms with Crippen molar-refractivity contribution in [3.8, 4) is 0 Å². The summed E-state index contributed by atoms with van der Waals surface area (Å²) in [6.07, 6.45) is 0. The second-order valence-corrected chi connectivity index (χ2v) is 4.50. The van der Waals surface area contributed by atoms with Crippen molar-refractivity contribution in [3.63, 3.8) is 0 Å². The Balaban J connectivity index is 3.42. The number of nitrogens with two attached hydrogens (primary N) is 1. The number of hydrogen-bond acceptors (Lipinski definition) is 5. The fourth-order valence-corrected chi connectivity index (χ4v) is 1.58. The highest BCUT2D eigenvalue weighted by molar-refractivity contribution is 7.89. The van der Waals surface area contributed by atoms with Crippen molar-refractivity contribution in [1.29, 1.82) is 0 Å². The van der Waals surface area contributed by atoms with Crippen LogP contribution in [0.4, 0.5) is 5.69 Å². The molecule has 1 rings (SSSR count). The van der Waals surface area contributed by atoms with Crippen molar-refractivity contribution >= 4 is 28.3 Å². The van der Waals surface area contributed by atoms with E-state index in [0.717, 1.165) is 12.1 Å². The molecule has 0 aliphatic rings. The first-order chi connectivity index (χ1) is 6.32. The normalized spacial score (nSPS) is 11.3. The summed E-state index contributed by atoms with van der Waals surface area (Å²) >= 11 is 3.80. The first-order valence-electron chi connectivity index (χ1n) is 3.32. The van der Waals surface area contributed by atoms with Crippen LogP contribution < -0.4 is 5.14 Å². The Morgan fingerprint density at radius 1 is 1.43 bits per heavy atom. The minimum absolute atomic E-state index is 0.0856. The summed E-state index contributed by atoms with van der Waals surface area (Å²) in [5.41, 5.74) is -0.389. The smallest absolute Gasteiger partial charge is 0.258 e. The zero-order valence-electron chi connectivity index (χ0n) is 6.75. The van der Waals surface area contributed by atoms with E-state index in [1.54, 1.807) is 0 Å². The average Bonchev–Trinajstić information content (AvgIpc) is 2.02. The van der Waals surface area contributed by atoms with Gasteiger partial charge in [0.15, 0.2) is 0 Å². The second kappa shape index (κ2) is 3.56. The second-order valence-electron chi connectivity index (χ2n) is 2.45. The molecule has 1 aromatic rings. The molecule has 8 heteroatoms. The summed E-state index contributed by atoms with van der Waals surface area (Å²) in [6, 6.07) is 3.24. The molecule has 14 heavy (non-hydrogen) atoms. The van der Waals surface area contributed by atoms with Gasteiger partial charge in [-0.25, -0.2) is 13.6 Å². The molecule has 0 aliphatic carbocycles. The molecule has 2 N–H and O–H groups in total. The third-order valence-electron chi connectivity index (χ3n) is 1.47. The molecule has 0 atom stereocenters. The molecule has 0 unspecified atom stereocenters. The Kier molecular flexibility index (Phi) is 2.79. The Morgan fingerprint density at radius 3 is 2.43 bits per heavy atom. The number of hydrogen-bond donors (Lipinski definition) is 2. The van der Waals surface area contributed by atoms with E-state index in [9.17, 15) is 18.5 Å². The zero-order valence-corrected chi connectivity index (χ0v) is 8.46. The summed E-state index contributed by atoms with van der Waals surface area (Å²) in [5, 5.41) is 15.2. The molecule has 0 fully saturated rings. The van der Waals surface area contributed by atoms with E-state index in [0.29, 0.717) is 0 Å². The number of sulfonamides is 1. The molecule has 0 saturated heterocycles. The van der Waals surface area contributed by atoms with Crippen molar-refractivity contribution in [3.05, 3.63) is 28.3 Å². The van der Waals surface area contributed by atoms with Crippen LogP contribution in [-0.2, 0) is 10.0 Å². The van der Waals surface area contributed by atoms with Crippen LogP contribution in [0, 0.1) is 10.1 Å². The van der Waals surface area contributed by atoms with Crippen LogP contribution in [0.25, 0.3) is 0 Å². The Morgan fingerprint density at radius 2 is 2.00 bits per heavy atom. The molecular weight excluding hydrogens is 228 g/mol. The van der Waals surface area contributed by atoms with E-state index in [1.807, 2.05) is 0 Å². The van der Waals surface area contributed by atoms with Crippen LogP contribution in [-0.4, -0.2) is 13.3 Å². The van der Waals surface area contributed by atoms with Crippen molar-refractivity contribution in [1.82, 2.24) is 0 Å². The molecule has 0 radical (unpaired) electrons. The van der Waals surface area contributed by atoms with Gasteiger partial charge in [0.1, 0.15) is 0 Å². The predicted octanol–water partition coefficient (Wildman–Crippen LogP) is 0.531. The minimum Gasteiger partial charge on any atom is -0.258 e. The number of thiol groups is 1. The summed E-state index contributed by atoms with van der Waals surface area (Å²) in [7, 11) is -3.91. The van der Waals surface area contributed by atoms with Crippen molar-refractivity contribution in [2.24, 2.45) is 5.14 Å². The summed E-state index contributed by atoms with van der Waals surface area (Å²) in [6.45, 7) is 0.